The second-order valence-corrected chi connectivity index (χ2v) is 8.64. The highest BCUT2D eigenvalue weighted by atomic mass is 16.5. The Hall–Kier alpha value is -0.340. The number of hydrogen-bond donors (Lipinski definition) is 0. The van der Waals surface area contributed by atoms with Crippen LogP contribution in [0.4, 0.5) is 0 Å². The second kappa shape index (κ2) is 4.83. The minimum Gasteiger partial charge on any atom is -0.379 e. The quantitative estimate of drug-likeness (QED) is 0.732. The van der Waals surface area contributed by atoms with Gasteiger partial charge in [-0.25, -0.2) is 0 Å². The molecule has 5 aliphatic rings. The predicted molar refractivity (Wildman–Crippen MR) is 86.4 cm³/mol. The Morgan fingerprint density at radius 2 is 1.45 bits per heavy atom. The zero-order valence-corrected chi connectivity index (χ0v) is 14.0. The summed E-state index contributed by atoms with van der Waals surface area (Å²) in [4.78, 5) is 0. The van der Waals surface area contributed by atoms with Gasteiger partial charge in [-0.1, -0.05) is 12.2 Å². The van der Waals surface area contributed by atoms with Gasteiger partial charge in [0.1, 0.15) is 0 Å². The average molecular weight is 302 g/mol. The van der Waals surface area contributed by atoms with Crippen LogP contribution < -0.4 is 0 Å². The molecule has 0 saturated heterocycles. The Kier molecular flexibility index (Phi) is 3.08. The topological polar surface area (TPSA) is 18.5 Å². The van der Waals surface area contributed by atoms with Crippen LogP contribution in [0.5, 0.6) is 0 Å². The third-order valence-electron chi connectivity index (χ3n) is 8.48. The molecule has 4 saturated carbocycles. The fourth-order valence-electron chi connectivity index (χ4n) is 7.87. The second-order valence-electron chi connectivity index (χ2n) is 8.64. The van der Waals surface area contributed by atoms with Gasteiger partial charge in [0.25, 0.3) is 0 Å². The molecule has 0 aromatic heterocycles. The van der Waals surface area contributed by atoms with E-state index >= 15 is 0 Å². The molecule has 0 bridgehead atoms. The maximum atomic E-state index is 5.74. The normalized spacial score (nSPS) is 59.9. The van der Waals surface area contributed by atoms with Gasteiger partial charge in [-0.3, -0.25) is 0 Å². The molecule has 0 aliphatic heterocycles. The van der Waals surface area contributed by atoms with Gasteiger partial charge in [0.15, 0.2) is 0 Å². The summed E-state index contributed by atoms with van der Waals surface area (Å²) < 4.78 is 11.5. The van der Waals surface area contributed by atoms with Crippen LogP contribution in [0.15, 0.2) is 12.2 Å². The van der Waals surface area contributed by atoms with Crippen LogP contribution in [0.25, 0.3) is 0 Å². The molecule has 0 amide bonds. The van der Waals surface area contributed by atoms with Gasteiger partial charge in [0, 0.05) is 14.2 Å². The van der Waals surface area contributed by atoms with Crippen molar-refractivity contribution in [1.29, 1.82) is 0 Å². The molecule has 2 nitrogen and oxygen atoms in total. The monoisotopic (exact) mass is 302 g/mol. The molecule has 22 heavy (non-hydrogen) atoms. The van der Waals surface area contributed by atoms with E-state index in [0.29, 0.717) is 12.2 Å². The Labute approximate surface area is 134 Å². The lowest BCUT2D eigenvalue weighted by molar-refractivity contribution is -0.0157. The number of hydrogen-bond acceptors (Lipinski definition) is 2. The first-order valence-electron chi connectivity index (χ1n) is 9.53. The lowest BCUT2D eigenvalue weighted by atomic mass is 9.59. The maximum Gasteiger partial charge on any atom is 0.0835 e. The fraction of sp³-hybridized carbons (Fsp3) is 0.900. The van der Waals surface area contributed by atoms with Gasteiger partial charge < -0.3 is 9.47 Å². The zero-order chi connectivity index (χ0) is 14.9. The van der Waals surface area contributed by atoms with E-state index < -0.39 is 0 Å². The predicted octanol–water partition coefficient (Wildman–Crippen LogP) is 4.05. The fourth-order valence-corrected chi connectivity index (χ4v) is 7.87. The summed E-state index contributed by atoms with van der Waals surface area (Å²) in [6.45, 7) is 0. The smallest absolute Gasteiger partial charge is 0.0835 e. The van der Waals surface area contributed by atoms with E-state index in [0.717, 1.165) is 40.9 Å². The van der Waals surface area contributed by atoms with Gasteiger partial charge in [-0.15, -0.1) is 0 Å². The summed E-state index contributed by atoms with van der Waals surface area (Å²) in [5, 5.41) is 0. The van der Waals surface area contributed by atoms with Crippen molar-refractivity contribution in [3.63, 3.8) is 0 Å². The van der Waals surface area contributed by atoms with Crippen molar-refractivity contribution < 1.29 is 9.47 Å². The standard InChI is InChI=1S/C20H30O2/c1-21-17-9-12(10-18(17)22-2)20-15-11-16(20)19(20)14-8-6-4-3-5-7-13(14)15/h3-4,12-19H,5-11H2,1-2H3/b4-3-. The van der Waals surface area contributed by atoms with E-state index in [1.165, 1.54) is 38.5 Å². The van der Waals surface area contributed by atoms with Gasteiger partial charge in [0.2, 0.25) is 0 Å². The van der Waals surface area contributed by atoms with Crippen LogP contribution in [0.1, 0.15) is 44.9 Å². The molecule has 8 unspecified atom stereocenters. The van der Waals surface area contributed by atoms with Crippen molar-refractivity contribution in [2.45, 2.75) is 57.2 Å². The van der Waals surface area contributed by atoms with Crippen molar-refractivity contribution in [3.8, 4) is 0 Å². The minimum absolute atomic E-state index is 0.347. The summed E-state index contributed by atoms with van der Waals surface area (Å²) in [6, 6.07) is 0. The summed E-state index contributed by atoms with van der Waals surface area (Å²) in [5.41, 5.74) is 0.740. The Bertz CT molecular complexity index is 454. The molecule has 0 heterocycles. The average Bonchev–Trinajstić information content (AvgIpc) is 2.79. The largest absolute Gasteiger partial charge is 0.379 e. The van der Waals surface area contributed by atoms with Crippen molar-refractivity contribution in [2.75, 3.05) is 14.2 Å². The molecule has 0 aromatic rings. The summed E-state index contributed by atoms with van der Waals surface area (Å²) >= 11 is 0. The maximum absolute atomic E-state index is 5.74. The lowest BCUT2D eigenvalue weighted by Crippen LogP contribution is -2.39. The first-order valence-corrected chi connectivity index (χ1v) is 9.53. The van der Waals surface area contributed by atoms with Crippen LogP contribution in [0.2, 0.25) is 0 Å². The van der Waals surface area contributed by atoms with E-state index in [9.17, 15) is 0 Å². The Morgan fingerprint density at radius 1 is 0.818 bits per heavy atom. The van der Waals surface area contributed by atoms with Crippen molar-refractivity contribution >= 4 is 0 Å². The highest BCUT2D eigenvalue weighted by Gasteiger charge is 2.85. The molecule has 0 spiro atoms. The molecule has 5 aliphatic carbocycles. The lowest BCUT2D eigenvalue weighted by Gasteiger charge is -2.45. The molecule has 0 aromatic carbocycles. The number of ether oxygens (including phenoxy) is 2. The summed E-state index contributed by atoms with van der Waals surface area (Å²) in [5.74, 6) is 6.20. The zero-order valence-electron chi connectivity index (χ0n) is 14.0. The van der Waals surface area contributed by atoms with Gasteiger partial charge >= 0.3 is 0 Å². The number of rotatable bonds is 3. The highest BCUT2D eigenvalue weighted by Crippen LogP contribution is 2.89. The summed E-state index contributed by atoms with van der Waals surface area (Å²) in [7, 11) is 3.74. The SMILES string of the molecule is COC1CC(C23C4CC2C3C2CC/C=C\CCC24)CC1OC. The number of allylic oxidation sites excluding steroid dienone is 2. The van der Waals surface area contributed by atoms with E-state index in [2.05, 4.69) is 12.2 Å². The van der Waals surface area contributed by atoms with Gasteiger partial charge in [-0.05, 0) is 85.9 Å². The molecule has 2 heteroatoms. The molecule has 5 rings (SSSR count). The molecule has 0 N–H and O–H groups in total. The van der Waals surface area contributed by atoms with E-state index in [4.69, 9.17) is 9.47 Å². The van der Waals surface area contributed by atoms with E-state index in [-0.39, 0.29) is 0 Å². The number of methoxy groups -OCH3 is 2. The third-order valence-corrected chi connectivity index (χ3v) is 8.48. The van der Waals surface area contributed by atoms with E-state index in [1.807, 2.05) is 14.2 Å². The first-order chi connectivity index (χ1) is 10.8. The first kappa shape index (κ1) is 14.0. The minimum atomic E-state index is 0.347. The van der Waals surface area contributed by atoms with Crippen LogP contribution >= 0.6 is 0 Å². The molecular formula is C20H30O2. The van der Waals surface area contributed by atoms with Crippen LogP contribution in [0.3, 0.4) is 0 Å². The molecule has 8 atom stereocenters. The van der Waals surface area contributed by atoms with Crippen LogP contribution in [-0.4, -0.2) is 26.4 Å². The Balaban J connectivity index is 1.39. The van der Waals surface area contributed by atoms with Crippen molar-refractivity contribution in [3.05, 3.63) is 12.2 Å². The molecule has 122 valence electrons. The Morgan fingerprint density at radius 3 is 2.09 bits per heavy atom. The van der Waals surface area contributed by atoms with Crippen LogP contribution in [-0.2, 0) is 9.47 Å². The third kappa shape index (κ3) is 1.54. The van der Waals surface area contributed by atoms with E-state index in [1.54, 1.807) is 6.42 Å². The summed E-state index contributed by atoms with van der Waals surface area (Å²) in [6.07, 6.45) is 15.3. The van der Waals surface area contributed by atoms with Crippen LogP contribution in [0, 0.1) is 40.9 Å². The highest BCUT2D eigenvalue weighted by molar-refractivity contribution is 5.32. The number of fused-ring (bicyclic) bond motifs is 4. The van der Waals surface area contributed by atoms with Crippen molar-refractivity contribution in [2.24, 2.45) is 40.9 Å². The van der Waals surface area contributed by atoms with Gasteiger partial charge in [0.05, 0.1) is 12.2 Å². The van der Waals surface area contributed by atoms with Gasteiger partial charge in [-0.2, -0.15) is 0 Å². The van der Waals surface area contributed by atoms with Crippen molar-refractivity contribution in [1.82, 2.24) is 0 Å². The molecular weight excluding hydrogens is 272 g/mol. The molecule has 0 radical (unpaired) electrons. The molecule has 4 fully saturated rings.